The van der Waals surface area contributed by atoms with Gasteiger partial charge >= 0.3 is 0 Å². The molecule has 0 radical (unpaired) electrons. The highest BCUT2D eigenvalue weighted by atomic mass is 16.5. The van der Waals surface area contributed by atoms with Crippen LogP contribution < -0.4 is 10.6 Å². The fourth-order valence-corrected chi connectivity index (χ4v) is 2.06. The summed E-state index contributed by atoms with van der Waals surface area (Å²) in [5.41, 5.74) is 7.58. The van der Waals surface area contributed by atoms with Gasteiger partial charge in [0, 0.05) is 13.1 Å². The van der Waals surface area contributed by atoms with Gasteiger partial charge in [-0.2, -0.15) is 10.4 Å². The van der Waals surface area contributed by atoms with Gasteiger partial charge in [-0.25, -0.2) is 4.68 Å². The van der Waals surface area contributed by atoms with Crippen molar-refractivity contribution in [2.24, 2.45) is 0 Å². The predicted octanol–water partition coefficient (Wildman–Crippen LogP) is 0.522. The van der Waals surface area contributed by atoms with Crippen molar-refractivity contribution < 1.29 is 4.74 Å². The minimum Gasteiger partial charge on any atom is -0.394 e. The fourth-order valence-electron chi connectivity index (χ4n) is 2.06. The number of morpholine rings is 1. The van der Waals surface area contributed by atoms with Crippen LogP contribution in [-0.2, 0) is 11.3 Å². The maximum atomic E-state index is 8.90. The van der Waals surface area contributed by atoms with Crippen molar-refractivity contribution in [3.05, 3.63) is 5.69 Å². The van der Waals surface area contributed by atoms with Gasteiger partial charge in [-0.05, 0) is 13.8 Å². The maximum Gasteiger partial charge on any atom is 0.161 e. The molecule has 1 aromatic heterocycles. The van der Waals surface area contributed by atoms with Crippen LogP contribution in [-0.4, -0.2) is 35.6 Å². The summed E-state index contributed by atoms with van der Waals surface area (Å²) in [6.07, 6.45) is -0.385. The molecule has 1 aromatic rings. The summed E-state index contributed by atoms with van der Waals surface area (Å²) in [5, 5.41) is 13.3. The minimum absolute atomic E-state index is 0.385. The average molecular weight is 235 g/mol. The largest absolute Gasteiger partial charge is 0.394 e. The number of aromatic nitrogens is 2. The van der Waals surface area contributed by atoms with Gasteiger partial charge in [0.1, 0.15) is 0 Å². The maximum absolute atomic E-state index is 8.90. The molecule has 1 aliphatic heterocycles. The molecule has 2 heterocycles. The standard InChI is InChI=1S/C11H17N5O/c1-3-16-11(10(13)8(2)14-16)15-4-5-17-9(6-12)7-15/h9H,3-5,7,13H2,1-2H3. The Labute approximate surface area is 101 Å². The van der Waals surface area contributed by atoms with Crippen LogP contribution in [0.1, 0.15) is 12.6 Å². The Morgan fingerprint density at radius 3 is 3.06 bits per heavy atom. The quantitative estimate of drug-likeness (QED) is 0.808. The highest BCUT2D eigenvalue weighted by Gasteiger charge is 2.25. The van der Waals surface area contributed by atoms with Gasteiger partial charge in [0.2, 0.25) is 0 Å². The summed E-state index contributed by atoms with van der Waals surface area (Å²) in [4.78, 5) is 2.08. The molecule has 1 unspecified atom stereocenters. The number of aryl methyl sites for hydroxylation is 2. The molecule has 92 valence electrons. The summed E-state index contributed by atoms with van der Waals surface area (Å²) >= 11 is 0. The first-order chi connectivity index (χ1) is 8.17. The molecule has 6 heteroatoms. The molecule has 1 aliphatic rings. The molecule has 17 heavy (non-hydrogen) atoms. The fraction of sp³-hybridized carbons (Fsp3) is 0.636. The molecule has 1 atom stereocenters. The Hall–Kier alpha value is -1.74. The summed E-state index contributed by atoms with van der Waals surface area (Å²) < 4.78 is 7.21. The van der Waals surface area contributed by atoms with E-state index >= 15 is 0 Å². The molecule has 6 nitrogen and oxygen atoms in total. The van der Waals surface area contributed by atoms with Crippen LogP contribution in [0.5, 0.6) is 0 Å². The lowest BCUT2D eigenvalue weighted by Gasteiger charge is -2.31. The lowest BCUT2D eigenvalue weighted by molar-refractivity contribution is 0.0758. The van der Waals surface area contributed by atoms with Gasteiger partial charge in [-0.15, -0.1) is 0 Å². The van der Waals surface area contributed by atoms with E-state index in [4.69, 9.17) is 15.7 Å². The molecular formula is C11H17N5O. The van der Waals surface area contributed by atoms with Crippen molar-refractivity contribution >= 4 is 11.5 Å². The second-order valence-electron chi connectivity index (χ2n) is 4.07. The highest BCUT2D eigenvalue weighted by molar-refractivity contribution is 5.66. The molecule has 0 aromatic carbocycles. The van der Waals surface area contributed by atoms with Crippen molar-refractivity contribution in [1.82, 2.24) is 9.78 Å². The number of nitrogen functional groups attached to an aromatic ring is 1. The molecule has 0 amide bonds. The number of anilines is 2. The van der Waals surface area contributed by atoms with E-state index in [1.807, 2.05) is 18.5 Å². The molecule has 0 bridgehead atoms. The first-order valence-corrected chi connectivity index (χ1v) is 5.76. The zero-order valence-electron chi connectivity index (χ0n) is 10.2. The van der Waals surface area contributed by atoms with E-state index in [9.17, 15) is 0 Å². The normalized spacial score (nSPS) is 20.3. The summed E-state index contributed by atoms with van der Waals surface area (Å²) in [7, 11) is 0. The number of hydrogen-bond donors (Lipinski definition) is 1. The topological polar surface area (TPSA) is 80.1 Å². The van der Waals surface area contributed by atoms with E-state index in [2.05, 4.69) is 16.1 Å². The van der Waals surface area contributed by atoms with Crippen LogP contribution in [0.25, 0.3) is 0 Å². The molecular weight excluding hydrogens is 218 g/mol. The van der Waals surface area contributed by atoms with Gasteiger partial charge in [0.25, 0.3) is 0 Å². The third-order valence-electron chi connectivity index (χ3n) is 2.96. The Bertz CT molecular complexity index is 447. The Kier molecular flexibility index (Phi) is 3.20. The van der Waals surface area contributed by atoms with Crippen LogP contribution in [0.4, 0.5) is 11.5 Å². The third kappa shape index (κ3) is 2.06. The number of hydrogen-bond acceptors (Lipinski definition) is 5. The zero-order valence-corrected chi connectivity index (χ0v) is 10.2. The molecule has 2 rings (SSSR count). The Morgan fingerprint density at radius 1 is 1.65 bits per heavy atom. The van der Waals surface area contributed by atoms with E-state index in [1.54, 1.807) is 0 Å². The molecule has 1 fully saturated rings. The summed E-state index contributed by atoms with van der Waals surface area (Å²) in [6.45, 7) is 6.53. The van der Waals surface area contributed by atoms with Crippen LogP contribution >= 0.6 is 0 Å². The Balaban J connectivity index is 2.30. The van der Waals surface area contributed by atoms with Gasteiger partial charge in [0.15, 0.2) is 11.9 Å². The van der Waals surface area contributed by atoms with Gasteiger partial charge in [-0.3, -0.25) is 0 Å². The van der Waals surface area contributed by atoms with Gasteiger partial charge in [-0.1, -0.05) is 0 Å². The number of nitriles is 1. The molecule has 0 saturated carbocycles. The van der Waals surface area contributed by atoms with Crippen LogP contribution in [0.15, 0.2) is 0 Å². The van der Waals surface area contributed by atoms with E-state index in [0.29, 0.717) is 18.8 Å². The van der Waals surface area contributed by atoms with Crippen molar-refractivity contribution in [3.63, 3.8) is 0 Å². The molecule has 1 saturated heterocycles. The third-order valence-corrected chi connectivity index (χ3v) is 2.96. The lowest BCUT2D eigenvalue weighted by atomic mass is 10.2. The molecule has 2 N–H and O–H groups in total. The second kappa shape index (κ2) is 4.63. The first kappa shape index (κ1) is 11.7. The average Bonchev–Trinajstić information content (AvgIpc) is 2.65. The van der Waals surface area contributed by atoms with Crippen molar-refractivity contribution in [3.8, 4) is 6.07 Å². The van der Waals surface area contributed by atoms with Crippen molar-refractivity contribution in [2.75, 3.05) is 30.3 Å². The van der Waals surface area contributed by atoms with E-state index in [-0.39, 0.29) is 6.10 Å². The number of nitrogens with two attached hydrogens (primary N) is 1. The van der Waals surface area contributed by atoms with E-state index < -0.39 is 0 Å². The van der Waals surface area contributed by atoms with Crippen LogP contribution in [0.2, 0.25) is 0 Å². The highest BCUT2D eigenvalue weighted by Crippen LogP contribution is 2.27. The van der Waals surface area contributed by atoms with Crippen molar-refractivity contribution in [1.29, 1.82) is 5.26 Å². The van der Waals surface area contributed by atoms with E-state index in [0.717, 1.165) is 24.6 Å². The predicted molar refractivity (Wildman–Crippen MR) is 64.6 cm³/mol. The number of rotatable bonds is 2. The lowest BCUT2D eigenvalue weighted by Crippen LogP contribution is -2.43. The van der Waals surface area contributed by atoms with Crippen molar-refractivity contribution in [2.45, 2.75) is 26.5 Å². The summed E-state index contributed by atoms with van der Waals surface area (Å²) in [6, 6.07) is 2.13. The molecule has 0 spiro atoms. The Morgan fingerprint density at radius 2 is 2.41 bits per heavy atom. The summed E-state index contributed by atoms with van der Waals surface area (Å²) in [5.74, 6) is 0.911. The van der Waals surface area contributed by atoms with Gasteiger partial charge in [0.05, 0.1) is 30.6 Å². The monoisotopic (exact) mass is 235 g/mol. The first-order valence-electron chi connectivity index (χ1n) is 5.76. The number of nitrogens with zero attached hydrogens (tertiary/aromatic N) is 4. The minimum atomic E-state index is -0.385. The number of ether oxygens (including phenoxy) is 1. The van der Waals surface area contributed by atoms with E-state index in [1.165, 1.54) is 0 Å². The zero-order chi connectivity index (χ0) is 12.4. The van der Waals surface area contributed by atoms with Crippen LogP contribution in [0, 0.1) is 18.3 Å². The SMILES string of the molecule is CCn1nc(C)c(N)c1N1CCOC(C#N)C1. The molecule has 0 aliphatic carbocycles. The van der Waals surface area contributed by atoms with Gasteiger partial charge < -0.3 is 15.4 Å². The smallest absolute Gasteiger partial charge is 0.161 e. The van der Waals surface area contributed by atoms with Crippen LogP contribution in [0.3, 0.4) is 0 Å². The second-order valence-corrected chi connectivity index (χ2v) is 4.07.